The van der Waals surface area contributed by atoms with Gasteiger partial charge in [-0.25, -0.2) is 4.98 Å². The number of rotatable bonds is 3. The number of fused-ring (bicyclic) bond motifs is 2. The van der Waals surface area contributed by atoms with Crippen molar-refractivity contribution in [2.45, 2.75) is 19.3 Å². The summed E-state index contributed by atoms with van der Waals surface area (Å²) in [7, 11) is 0. The number of hydrogen-bond acceptors (Lipinski definition) is 3. The summed E-state index contributed by atoms with van der Waals surface area (Å²) in [6.45, 7) is 0. The molecule has 0 saturated carbocycles. The van der Waals surface area contributed by atoms with E-state index in [1.54, 1.807) is 18.6 Å². The quantitative estimate of drug-likeness (QED) is 0.428. The minimum Gasteiger partial charge on any atom is -0.306 e. The molecular formula is C24H18ClN3O. The van der Waals surface area contributed by atoms with Gasteiger partial charge in [-0.05, 0) is 70.9 Å². The number of carbonyl (C=O) groups excluding carboxylic acids is 1. The highest BCUT2D eigenvalue weighted by atomic mass is 35.5. The minimum atomic E-state index is 0.426. The van der Waals surface area contributed by atoms with Crippen LogP contribution in [0.1, 0.15) is 45.6 Å². The molecule has 0 unspecified atom stereocenters. The Hall–Kier alpha value is -3.24. The van der Waals surface area contributed by atoms with E-state index in [2.05, 4.69) is 40.3 Å². The lowest BCUT2D eigenvalue weighted by Crippen LogP contribution is -1.98. The largest absolute Gasteiger partial charge is 0.306 e. The fraction of sp³-hybridized carbons (Fsp3) is 0.125. The van der Waals surface area contributed by atoms with Crippen LogP contribution < -0.4 is 0 Å². The van der Waals surface area contributed by atoms with E-state index >= 15 is 0 Å². The molecule has 0 saturated heterocycles. The van der Waals surface area contributed by atoms with Crippen LogP contribution in [0, 0.1) is 0 Å². The van der Waals surface area contributed by atoms with Gasteiger partial charge < -0.3 is 4.40 Å². The number of benzene rings is 1. The van der Waals surface area contributed by atoms with Crippen molar-refractivity contribution in [1.29, 1.82) is 0 Å². The second-order valence-corrected chi connectivity index (χ2v) is 7.59. The first-order chi connectivity index (χ1) is 14.2. The van der Waals surface area contributed by atoms with Gasteiger partial charge in [0.1, 0.15) is 11.3 Å². The zero-order valence-corrected chi connectivity index (χ0v) is 16.4. The molecule has 0 amide bonds. The summed E-state index contributed by atoms with van der Waals surface area (Å²) in [6.07, 6.45) is 11.0. The Balaban J connectivity index is 1.82. The molecule has 0 bridgehead atoms. The summed E-state index contributed by atoms with van der Waals surface area (Å²) < 4.78 is 1.87. The zero-order valence-electron chi connectivity index (χ0n) is 15.7. The summed E-state index contributed by atoms with van der Waals surface area (Å²) in [5.74, 6) is 0. The molecule has 1 aromatic carbocycles. The van der Waals surface area contributed by atoms with Gasteiger partial charge in [0.2, 0.25) is 0 Å². The maximum atomic E-state index is 11.1. The molecule has 5 heteroatoms. The molecule has 4 aromatic rings. The van der Waals surface area contributed by atoms with Crippen LogP contribution >= 0.6 is 11.6 Å². The Morgan fingerprint density at radius 3 is 2.83 bits per heavy atom. The first-order valence-corrected chi connectivity index (χ1v) is 9.98. The highest BCUT2D eigenvalue weighted by molar-refractivity contribution is 6.32. The number of pyridine rings is 2. The van der Waals surface area contributed by atoms with E-state index in [-0.39, 0.29) is 0 Å². The van der Waals surface area contributed by atoms with Gasteiger partial charge in [-0.1, -0.05) is 35.9 Å². The number of nitrogens with zero attached hydrogens (tertiary/aromatic N) is 3. The zero-order chi connectivity index (χ0) is 19.8. The highest BCUT2D eigenvalue weighted by Crippen LogP contribution is 2.41. The summed E-state index contributed by atoms with van der Waals surface area (Å²) >= 11 is 6.56. The number of hydrogen-bond donors (Lipinski definition) is 0. The number of carbonyl (C=O) groups is 1. The van der Waals surface area contributed by atoms with Crippen LogP contribution in [0.4, 0.5) is 0 Å². The molecule has 0 N–H and O–H groups in total. The van der Waals surface area contributed by atoms with Gasteiger partial charge in [0.05, 0.1) is 5.02 Å². The van der Waals surface area contributed by atoms with Crippen molar-refractivity contribution in [2.75, 3.05) is 0 Å². The maximum absolute atomic E-state index is 11.1. The van der Waals surface area contributed by atoms with E-state index in [0.717, 1.165) is 42.3 Å². The average Bonchev–Trinajstić information content (AvgIpc) is 3.07. The number of aryl methyl sites for hydroxylation is 1. The van der Waals surface area contributed by atoms with E-state index in [9.17, 15) is 4.79 Å². The Morgan fingerprint density at radius 1 is 1.07 bits per heavy atom. The minimum absolute atomic E-state index is 0.426. The third kappa shape index (κ3) is 3.15. The Bertz CT molecular complexity index is 1270. The SMILES string of the molecule is O=Cc1cn2ccc(C3=C(c4ccncc4Cl)CCCc4ccccc43)cc2n1. The smallest absolute Gasteiger partial charge is 0.170 e. The van der Waals surface area contributed by atoms with E-state index in [0.29, 0.717) is 10.7 Å². The standard InChI is InChI=1S/C24H18ClN3O/c25-22-13-26-10-8-20(22)21-7-3-5-16-4-1-2-6-19(16)24(21)17-9-11-28-14-18(15-29)27-23(28)12-17/h1-2,4,6,8-15H,3,5,7H2. The molecule has 3 heterocycles. The summed E-state index contributed by atoms with van der Waals surface area (Å²) in [6, 6.07) is 14.7. The lowest BCUT2D eigenvalue weighted by atomic mass is 9.88. The molecular weight excluding hydrogens is 382 g/mol. The first-order valence-electron chi connectivity index (χ1n) is 9.60. The van der Waals surface area contributed by atoms with Gasteiger partial charge >= 0.3 is 0 Å². The van der Waals surface area contributed by atoms with Gasteiger partial charge in [0.25, 0.3) is 0 Å². The van der Waals surface area contributed by atoms with E-state index < -0.39 is 0 Å². The molecule has 3 aromatic heterocycles. The number of imidazole rings is 1. The summed E-state index contributed by atoms with van der Waals surface area (Å²) in [5.41, 5.74) is 8.20. The second kappa shape index (κ2) is 7.30. The van der Waals surface area contributed by atoms with Gasteiger partial charge in [-0.2, -0.15) is 0 Å². The third-order valence-electron chi connectivity index (χ3n) is 5.45. The molecule has 142 valence electrons. The number of allylic oxidation sites excluding steroid dienone is 1. The van der Waals surface area contributed by atoms with Crippen LogP contribution in [-0.2, 0) is 6.42 Å². The molecule has 1 aliphatic carbocycles. The molecule has 0 aliphatic heterocycles. The molecule has 5 rings (SSSR count). The Labute approximate surface area is 173 Å². The molecule has 0 fully saturated rings. The highest BCUT2D eigenvalue weighted by Gasteiger charge is 2.21. The lowest BCUT2D eigenvalue weighted by Gasteiger charge is -2.17. The Morgan fingerprint density at radius 2 is 1.97 bits per heavy atom. The van der Waals surface area contributed by atoms with Crippen molar-refractivity contribution in [3.05, 3.63) is 100 Å². The van der Waals surface area contributed by atoms with Crippen LogP contribution in [0.3, 0.4) is 0 Å². The normalized spacial score (nSPS) is 14.0. The van der Waals surface area contributed by atoms with Gasteiger partial charge in [0, 0.05) is 24.8 Å². The van der Waals surface area contributed by atoms with Gasteiger partial charge in [0.15, 0.2) is 6.29 Å². The molecule has 29 heavy (non-hydrogen) atoms. The average molecular weight is 400 g/mol. The number of aldehydes is 1. The molecule has 4 nitrogen and oxygen atoms in total. The topological polar surface area (TPSA) is 47.3 Å². The van der Waals surface area contributed by atoms with E-state index in [1.807, 2.05) is 22.7 Å². The predicted molar refractivity (Wildman–Crippen MR) is 115 cm³/mol. The molecule has 1 aliphatic rings. The van der Waals surface area contributed by atoms with Crippen LogP contribution in [0.2, 0.25) is 5.02 Å². The second-order valence-electron chi connectivity index (χ2n) is 7.18. The Kier molecular flexibility index (Phi) is 4.49. The molecule has 0 atom stereocenters. The van der Waals surface area contributed by atoms with Crippen LogP contribution in [0.5, 0.6) is 0 Å². The molecule has 0 spiro atoms. The lowest BCUT2D eigenvalue weighted by molar-refractivity contribution is 0.111. The van der Waals surface area contributed by atoms with Crippen LogP contribution in [-0.4, -0.2) is 20.7 Å². The van der Waals surface area contributed by atoms with Crippen molar-refractivity contribution in [2.24, 2.45) is 0 Å². The maximum Gasteiger partial charge on any atom is 0.170 e. The fourth-order valence-corrected chi connectivity index (χ4v) is 4.39. The number of aromatic nitrogens is 3. The van der Waals surface area contributed by atoms with Gasteiger partial charge in [-0.3, -0.25) is 9.78 Å². The third-order valence-corrected chi connectivity index (χ3v) is 5.75. The van der Waals surface area contributed by atoms with E-state index in [4.69, 9.17) is 11.6 Å². The van der Waals surface area contributed by atoms with E-state index in [1.165, 1.54) is 22.3 Å². The van der Waals surface area contributed by atoms with Crippen molar-refractivity contribution >= 4 is 34.7 Å². The molecule has 0 radical (unpaired) electrons. The van der Waals surface area contributed by atoms with Crippen molar-refractivity contribution in [3.8, 4) is 0 Å². The van der Waals surface area contributed by atoms with Crippen LogP contribution in [0.15, 0.2) is 67.3 Å². The fourth-order valence-electron chi connectivity index (χ4n) is 4.16. The monoisotopic (exact) mass is 399 g/mol. The summed E-state index contributed by atoms with van der Waals surface area (Å²) in [4.78, 5) is 19.7. The summed E-state index contributed by atoms with van der Waals surface area (Å²) in [5, 5.41) is 0.657. The van der Waals surface area contributed by atoms with Gasteiger partial charge in [-0.15, -0.1) is 0 Å². The van der Waals surface area contributed by atoms with Crippen molar-refractivity contribution < 1.29 is 4.79 Å². The van der Waals surface area contributed by atoms with Crippen LogP contribution in [0.25, 0.3) is 16.8 Å². The van der Waals surface area contributed by atoms with Crippen molar-refractivity contribution in [3.63, 3.8) is 0 Å². The van der Waals surface area contributed by atoms with Crippen molar-refractivity contribution in [1.82, 2.24) is 14.4 Å². The predicted octanol–water partition coefficient (Wildman–Crippen LogP) is 5.49. The first kappa shape index (κ1) is 17.8. The number of halogens is 1.